The van der Waals surface area contributed by atoms with E-state index >= 15 is 0 Å². The Morgan fingerprint density at radius 3 is 2.79 bits per heavy atom. The second-order valence-electron chi connectivity index (χ2n) is 3.78. The Bertz CT molecular complexity index is 718. The van der Waals surface area contributed by atoms with Gasteiger partial charge >= 0.3 is 0 Å². The molecule has 0 saturated heterocycles. The van der Waals surface area contributed by atoms with E-state index in [4.69, 9.17) is 11.1 Å². The van der Waals surface area contributed by atoms with Crippen LogP contribution in [0.1, 0.15) is 5.69 Å². The number of fused-ring (bicyclic) bond motifs is 1. The molecule has 0 aliphatic rings. The van der Waals surface area contributed by atoms with Gasteiger partial charge in [-0.1, -0.05) is 12.1 Å². The molecule has 19 heavy (non-hydrogen) atoms. The fourth-order valence-electron chi connectivity index (χ4n) is 1.65. The van der Waals surface area contributed by atoms with Crippen LogP contribution in [-0.2, 0) is 0 Å². The Morgan fingerprint density at radius 1 is 1.21 bits per heavy atom. The van der Waals surface area contributed by atoms with Crippen molar-refractivity contribution in [1.82, 2.24) is 19.9 Å². The van der Waals surface area contributed by atoms with Crippen molar-refractivity contribution in [2.75, 3.05) is 0 Å². The molecule has 0 atom stereocenters. The minimum Gasteiger partial charge on any atom is -0.382 e. The van der Waals surface area contributed by atoms with Gasteiger partial charge in [0.05, 0.1) is 11.0 Å². The third kappa shape index (κ3) is 2.27. The summed E-state index contributed by atoms with van der Waals surface area (Å²) in [7, 11) is 0. The van der Waals surface area contributed by atoms with E-state index < -0.39 is 0 Å². The summed E-state index contributed by atoms with van der Waals surface area (Å²) in [5, 5.41) is 8.74. The summed E-state index contributed by atoms with van der Waals surface area (Å²) in [5.41, 5.74) is 7.69. The molecule has 4 N–H and O–H groups in total. The van der Waals surface area contributed by atoms with Gasteiger partial charge in [0.1, 0.15) is 16.6 Å². The molecule has 0 aliphatic heterocycles. The summed E-state index contributed by atoms with van der Waals surface area (Å²) in [5.74, 6) is -0.105. The van der Waals surface area contributed by atoms with Crippen molar-refractivity contribution in [2.45, 2.75) is 10.2 Å². The number of rotatable bonds is 3. The lowest BCUT2D eigenvalue weighted by atomic mass is 10.3. The van der Waals surface area contributed by atoms with Crippen LogP contribution in [0.5, 0.6) is 0 Å². The number of benzene rings is 1. The molecule has 3 rings (SSSR count). The van der Waals surface area contributed by atoms with Crippen LogP contribution < -0.4 is 5.73 Å². The van der Waals surface area contributed by atoms with E-state index in [2.05, 4.69) is 19.9 Å². The molecule has 2 aromatic heterocycles. The second kappa shape index (κ2) is 4.69. The predicted octanol–water partition coefficient (Wildman–Crippen LogP) is 1.79. The zero-order valence-electron chi connectivity index (χ0n) is 9.79. The van der Waals surface area contributed by atoms with Crippen LogP contribution in [0.25, 0.3) is 11.0 Å². The van der Waals surface area contributed by atoms with Gasteiger partial charge < -0.3 is 10.7 Å². The first-order valence-corrected chi connectivity index (χ1v) is 6.33. The molecular weight excluding hydrogens is 260 g/mol. The van der Waals surface area contributed by atoms with Crippen LogP contribution in [0, 0.1) is 5.41 Å². The van der Waals surface area contributed by atoms with Crippen LogP contribution >= 0.6 is 11.8 Å². The Morgan fingerprint density at radius 2 is 2.00 bits per heavy atom. The molecule has 0 bridgehead atoms. The van der Waals surface area contributed by atoms with Gasteiger partial charge in [-0.15, -0.1) is 0 Å². The molecule has 3 aromatic rings. The number of H-pyrrole nitrogens is 1. The van der Waals surface area contributed by atoms with Crippen LogP contribution in [0.4, 0.5) is 0 Å². The van der Waals surface area contributed by atoms with E-state index in [9.17, 15) is 0 Å². The van der Waals surface area contributed by atoms with Crippen molar-refractivity contribution >= 4 is 28.6 Å². The van der Waals surface area contributed by atoms with E-state index in [1.165, 1.54) is 18.0 Å². The summed E-state index contributed by atoms with van der Waals surface area (Å²) >= 11 is 1.31. The molecule has 0 unspecified atom stereocenters. The average molecular weight is 270 g/mol. The first-order valence-electron chi connectivity index (χ1n) is 5.52. The number of nitrogen functional groups attached to an aromatic ring is 1. The Labute approximate surface area is 113 Å². The number of aromatic nitrogens is 4. The maximum atomic E-state index is 7.48. The van der Waals surface area contributed by atoms with Crippen LogP contribution in [0.3, 0.4) is 0 Å². The number of nitrogens with zero attached hydrogens (tertiary/aromatic N) is 3. The predicted molar refractivity (Wildman–Crippen MR) is 73.3 cm³/mol. The third-order valence-corrected chi connectivity index (χ3v) is 3.36. The normalized spacial score (nSPS) is 10.7. The number of hydrogen-bond donors (Lipinski definition) is 3. The SMILES string of the molecule is N=C(N)c1nccnc1Sc1nc2ccccc2[nH]1. The topological polar surface area (TPSA) is 104 Å². The smallest absolute Gasteiger partial charge is 0.172 e. The summed E-state index contributed by atoms with van der Waals surface area (Å²) < 4.78 is 0. The van der Waals surface area contributed by atoms with Crippen LogP contribution in [0.15, 0.2) is 46.8 Å². The molecule has 7 heteroatoms. The number of amidine groups is 1. The van der Waals surface area contributed by atoms with Crippen LogP contribution in [0.2, 0.25) is 0 Å². The molecular formula is C12H10N6S. The molecule has 0 amide bonds. The number of hydrogen-bond acceptors (Lipinski definition) is 5. The van der Waals surface area contributed by atoms with Crippen molar-refractivity contribution in [1.29, 1.82) is 5.41 Å². The Hall–Kier alpha value is -2.41. The molecule has 0 fully saturated rings. The van der Waals surface area contributed by atoms with Gasteiger partial charge in [-0.05, 0) is 23.9 Å². The number of aromatic amines is 1. The minimum absolute atomic E-state index is 0.105. The fourth-order valence-corrected chi connectivity index (χ4v) is 2.52. The van der Waals surface area contributed by atoms with Gasteiger partial charge in [0.15, 0.2) is 5.16 Å². The number of nitrogens with two attached hydrogens (primary N) is 1. The number of nitrogens with one attached hydrogen (secondary N) is 2. The molecule has 0 radical (unpaired) electrons. The number of imidazole rings is 1. The summed E-state index contributed by atoms with van der Waals surface area (Å²) in [6.07, 6.45) is 3.08. The molecule has 1 aromatic carbocycles. The standard InChI is InChI=1S/C12H10N6S/c13-10(14)9-11(16-6-5-15-9)19-12-17-7-3-1-2-4-8(7)18-12/h1-6H,(H3,13,14)(H,17,18). The highest BCUT2D eigenvalue weighted by Gasteiger charge is 2.12. The van der Waals surface area contributed by atoms with Crippen molar-refractivity contribution in [3.8, 4) is 0 Å². The van der Waals surface area contributed by atoms with E-state index in [-0.39, 0.29) is 5.84 Å². The average Bonchev–Trinajstić information content (AvgIpc) is 2.81. The molecule has 2 heterocycles. The van der Waals surface area contributed by atoms with Gasteiger partial charge in [-0.2, -0.15) is 0 Å². The second-order valence-corrected chi connectivity index (χ2v) is 4.76. The van der Waals surface area contributed by atoms with Crippen molar-refractivity contribution < 1.29 is 0 Å². The van der Waals surface area contributed by atoms with E-state index in [0.717, 1.165) is 11.0 Å². The molecule has 6 nitrogen and oxygen atoms in total. The van der Waals surface area contributed by atoms with Gasteiger partial charge in [0, 0.05) is 12.4 Å². The van der Waals surface area contributed by atoms with Gasteiger partial charge in [0.2, 0.25) is 0 Å². The zero-order valence-corrected chi connectivity index (χ0v) is 10.6. The van der Waals surface area contributed by atoms with Gasteiger partial charge in [-0.3, -0.25) is 5.41 Å². The highest BCUT2D eigenvalue weighted by molar-refractivity contribution is 7.99. The summed E-state index contributed by atoms with van der Waals surface area (Å²) in [6, 6.07) is 7.76. The highest BCUT2D eigenvalue weighted by Crippen LogP contribution is 2.26. The monoisotopic (exact) mass is 270 g/mol. The highest BCUT2D eigenvalue weighted by atomic mass is 32.2. The Balaban J connectivity index is 1.99. The zero-order chi connectivity index (χ0) is 13.2. The summed E-state index contributed by atoms with van der Waals surface area (Å²) in [6.45, 7) is 0. The van der Waals surface area contributed by atoms with Crippen molar-refractivity contribution in [3.63, 3.8) is 0 Å². The fraction of sp³-hybridized carbons (Fsp3) is 0. The molecule has 0 aliphatic carbocycles. The molecule has 0 saturated carbocycles. The van der Waals surface area contributed by atoms with Crippen molar-refractivity contribution in [3.05, 3.63) is 42.4 Å². The van der Waals surface area contributed by atoms with Crippen molar-refractivity contribution in [2.24, 2.45) is 5.73 Å². The Kier molecular flexibility index (Phi) is 2.88. The molecule has 0 spiro atoms. The quantitative estimate of drug-likeness (QED) is 0.497. The van der Waals surface area contributed by atoms with E-state index in [0.29, 0.717) is 15.9 Å². The largest absolute Gasteiger partial charge is 0.382 e. The summed E-state index contributed by atoms with van der Waals surface area (Å²) in [4.78, 5) is 15.9. The lowest BCUT2D eigenvalue weighted by Crippen LogP contribution is -2.15. The van der Waals surface area contributed by atoms with Crippen LogP contribution in [-0.4, -0.2) is 25.8 Å². The third-order valence-electron chi connectivity index (χ3n) is 2.48. The van der Waals surface area contributed by atoms with Gasteiger partial charge in [-0.25, -0.2) is 15.0 Å². The first kappa shape index (κ1) is 11.7. The maximum absolute atomic E-state index is 7.48. The van der Waals surface area contributed by atoms with E-state index in [1.54, 1.807) is 6.20 Å². The lowest BCUT2D eigenvalue weighted by molar-refractivity contribution is 1.01. The first-order chi connectivity index (χ1) is 9.24. The minimum atomic E-state index is -0.105. The number of para-hydroxylation sites is 2. The van der Waals surface area contributed by atoms with Gasteiger partial charge in [0.25, 0.3) is 0 Å². The molecule has 94 valence electrons. The van der Waals surface area contributed by atoms with E-state index in [1.807, 2.05) is 24.3 Å². The lowest BCUT2D eigenvalue weighted by Gasteiger charge is -2.02. The maximum Gasteiger partial charge on any atom is 0.172 e.